The molecule has 0 aliphatic heterocycles. The molecule has 0 unspecified atom stereocenters. The number of carbonyl (C=O) groups is 2. The Bertz CT molecular complexity index is 1030. The number of aryl methyl sites for hydroxylation is 2. The van der Waals surface area contributed by atoms with E-state index in [1.165, 1.54) is 12.3 Å². The van der Waals surface area contributed by atoms with Crippen LogP contribution in [0, 0.1) is 17.8 Å². The minimum Gasteiger partial charge on any atom is -0.486 e. The van der Waals surface area contributed by atoms with Crippen LogP contribution in [0.3, 0.4) is 0 Å². The van der Waals surface area contributed by atoms with Crippen LogP contribution >= 0.6 is 11.6 Å². The summed E-state index contributed by atoms with van der Waals surface area (Å²) in [6, 6.07) is 7.55. The predicted octanol–water partition coefficient (Wildman–Crippen LogP) is 5.77. The van der Waals surface area contributed by atoms with Crippen LogP contribution in [0.1, 0.15) is 48.9 Å². The van der Waals surface area contributed by atoms with Gasteiger partial charge in [0, 0.05) is 29.5 Å². The first-order chi connectivity index (χ1) is 15.0. The molecule has 0 atom stereocenters. The molecule has 32 heavy (non-hydrogen) atoms. The van der Waals surface area contributed by atoms with E-state index >= 15 is 0 Å². The lowest BCUT2D eigenvalue weighted by Crippen LogP contribution is -2.65. The number of Topliss-reactive ketones (excluding diaryl/α,β-unsaturated/α-hetero) is 2. The van der Waals surface area contributed by atoms with Crippen molar-refractivity contribution in [2.24, 2.45) is 10.8 Å². The van der Waals surface area contributed by atoms with Gasteiger partial charge < -0.3 is 4.74 Å². The molecular weight excluding hydrogens is 443 g/mol. The summed E-state index contributed by atoms with van der Waals surface area (Å²) in [6.07, 6.45) is -0.133. The molecule has 0 radical (unpaired) electrons. The van der Waals surface area contributed by atoms with Gasteiger partial charge in [0.05, 0.1) is 0 Å². The summed E-state index contributed by atoms with van der Waals surface area (Å²) < 4.78 is 43.3. The molecule has 3 fully saturated rings. The molecule has 2 bridgehead atoms. The Labute approximate surface area is 189 Å². The van der Waals surface area contributed by atoms with Crippen molar-refractivity contribution < 1.29 is 27.5 Å². The largest absolute Gasteiger partial charge is 0.486 e. The Morgan fingerprint density at radius 1 is 1.16 bits per heavy atom. The monoisotopic (exact) mass is 465 g/mol. The maximum absolute atomic E-state index is 12.7. The number of benzene rings is 1. The van der Waals surface area contributed by atoms with Crippen LogP contribution in [0.25, 0.3) is 0 Å². The van der Waals surface area contributed by atoms with Crippen LogP contribution < -0.4 is 4.74 Å². The number of hydrogen-bond acceptors (Lipinski definition) is 4. The lowest BCUT2D eigenvalue weighted by atomic mass is 9.33. The number of rotatable bonds is 9. The minimum atomic E-state index is -4.47. The highest BCUT2D eigenvalue weighted by Crippen LogP contribution is 2.75. The number of halogens is 4. The van der Waals surface area contributed by atoms with Gasteiger partial charge in [0.2, 0.25) is 0 Å². The molecule has 5 rings (SSSR count). The molecule has 2 aromatic rings. The highest BCUT2D eigenvalue weighted by atomic mass is 35.5. The summed E-state index contributed by atoms with van der Waals surface area (Å²) in [4.78, 5) is 28.5. The van der Waals surface area contributed by atoms with Crippen LogP contribution in [0.15, 0.2) is 36.5 Å². The quantitative estimate of drug-likeness (QED) is 0.471. The summed E-state index contributed by atoms with van der Waals surface area (Å²) in [5.74, 6) is 0.732. The molecule has 8 heteroatoms. The second-order valence-corrected chi connectivity index (χ2v) is 9.61. The molecule has 3 saturated carbocycles. The Morgan fingerprint density at radius 2 is 1.88 bits per heavy atom. The average Bonchev–Trinajstić information content (AvgIpc) is 2.68. The Balaban J connectivity index is 1.20. The number of pyridine rings is 1. The van der Waals surface area contributed by atoms with Gasteiger partial charge in [-0.1, -0.05) is 17.7 Å². The minimum absolute atomic E-state index is 0.00850. The van der Waals surface area contributed by atoms with E-state index < -0.39 is 11.9 Å². The van der Waals surface area contributed by atoms with Gasteiger partial charge in [-0.05, 0) is 73.4 Å². The Morgan fingerprint density at radius 3 is 2.47 bits per heavy atom. The molecule has 3 aliphatic rings. The van der Waals surface area contributed by atoms with Crippen molar-refractivity contribution in [2.75, 3.05) is 6.61 Å². The zero-order chi connectivity index (χ0) is 23.1. The Kier molecular flexibility index (Phi) is 5.82. The van der Waals surface area contributed by atoms with Gasteiger partial charge in [0.15, 0.2) is 5.78 Å². The van der Waals surface area contributed by atoms with Crippen LogP contribution in [0.2, 0.25) is 5.02 Å². The van der Waals surface area contributed by atoms with E-state index in [9.17, 15) is 22.8 Å². The molecule has 3 aliphatic carbocycles. The molecule has 4 nitrogen and oxygen atoms in total. The van der Waals surface area contributed by atoms with Gasteiger partial charge in [-0.25, -0.2) is 0 Å². The van der Waals surface area contributed by atoms with E-state index in [-0.39, 0.29) is 35.4 Å². The van der Waals surface area contributed by atoms with Gasteiger partial charge in [-0.15, -0.1) is 0 Å². The van der Waals surface area contributed by atoms with Gasteiger partial charge in [0.25, 0.3) is 0 Å². The van der Waals surface area contributed by atoms with Crippen molar-refractivity contribution in [1.82, 2.24) is 4.98 Å². The van der Waals surface area contributed by atoms with Crippen molar-refractivity contribution >= 4 is 23.2 Å². The maximum atomic E-state index is 12.7. The number of alkyl halides is 3. The highest BCUT2D eigenvalue weighted by molar-refractivity contribution is 6.31. The first kappa shape index (κ1) is 22.8. The molecule has 1 aromatic heterocycles. The zero-order valence-corrected chi connectivity index (χ0v) is 18.4. The summed E-state index contributed by atoms with van der Waals surface area (Å²) in [5, 5.41) is 0.641. The smallest absolute Gasteiger partial charge is 0.433 e. The third kappa shape index (κ3) is 4.53. The summed E-state index contributed by atoms with van der Waals surface area (Å²) in [5.41, 5.74) is 0.102. The SMILES string of the molecule is Cc1cc(OCC(=O)CC23CC(C(=O)CCc4ccc(C(F)(F)F)nc4)(C2)C3)ccc1Cl. The lowest BCUT2D eigenvalue weighted by Gasteiger charge is -2.70. The zero-order valence-electron chi connectivity index (χ0n) is 17.6. The van der Waals surface area contributed by atoms with E-state index in [0.29, 0.717) is 48.4 Å². The van der Waals surface area contributed by atoms with Crippen molar-refractivity contribution in [2.45, 2.75) is 51.6 Å². The van der Waals surface area contributed by atoms with Crippen molar-refractivity contribution in [3.8, 4) is 5.75 Å². The summed E-state index contributed by atoms with van der Waals surface area (Å²) in [6.45, 7) is 1.86. The van der Waals surface area contributed by atoms with Crippen LogP contribution in [0.5, 0.6) is 5.75 Å². The van der Waals surface area contributed by atoms with E-state index in [2.05, 4.69) is 4.98 Å². The first-order valence-corrected chi connectivity index (χ1v) is 10.8. The van der Waals surface area contributed by atoms with Gasteiger partial charge in [-0.2, -0.15) is 13.2 Å². The highest BCUT2D eigenvalue weighted by Gasteiger charge is 2.70. The molecule has 1 heterocycles. The van der Waals surface area contributed by atoms with E-state index in [1.54, 1.807) is 18.2 Å². The van der Waals surface area contributed by atoms with Gasteiger partial charge in [-0.3, -0.25) is 14.6 Å². The first-order valence-electron chi connectivity index (χ1n) is 10.5. The standard InChI is InChI=1S/C24H23ClF3NO3/c1-15-8-18(4-5-19(15)25)32-11-17(30)9-22-12-23(13-22,14-22)21(31)7-3-16-2-6-20(29-10-16)24(26,27)28/h2,4-6,8,10H,3,7,9,11-14H2,1H3. The predicted molar refractivity (Wildman–Crippen MR) is 113 cm³/mol. The molecule has 0 spiro atoms. The third-order valence-corrected chi connectivity index (χ3v) is 7.01. The number of carbonyl (C=O) groups excluding carboxylic acids is 2. The van der Waals surface area contributed by atoms with Crippen LogP contribution in [-0.2, 0) is 22.2 Å². The third-order valence-electron chi connectivity index (χ3n) is 6.59. The van der Waals surface area contributed by atoms with Crippen LogP contribution in [-0.4, -0.2) is 23.2 Å². The number of ether oxygens (including phenoxy) is 1. The summed E-state index contributed by atoms with van der Waals surface area (Å²) in [7, 11) is 0. The molecule has 0 amide bonds. The fraction of sp³-hybridized carbons (Fsp3) is 0.458. The maximum Gasteiger partial charge on any atom is 0.433 e. The van der Waals surface area contributed by atoms with E-state index in [4.69, 9.17) is 16.3 Å². The lowest BCUT2D eigenvalue weighted by molar-refractivity contribution is -0.208. The van der Waals surface area contributed by atoms with Crippen LogP contribution in [0.4, 0.5) is 13.2 Å². The molecular formula is C24H23ClF3NO3. The van der Waals surface area contributed by atoms with Crippen molar-refractivity contribution in [3.05, 3.63) is 58.4 Å². The van der Waals surface area contributed by atoms with E-state index in [1.807, 2.05) is 6.92 Å². The fourth-order valence-electron chi connectivity index (χ4n) is 5.08. The average molecular weight is 466 g/mol. The van der Waals surface area contributed by atoms with E-state index in [0.717, 1.165) is 11.6 Å². The van der Waals surface area contributed by atoms with Gasteiger partial charge >= 0.3 is 6.18 Å². The number of hydrogen-bond donors (Lipinski definition) is 0. The van der Waals surface area contributed by atoms with Crippen molar-refractivity contribution in [1.29, 1.82) is 0 Å². The molecule has 0 N–H and O–H groups in total. The number of nitrogens with zero attached hydrogens (tertiary/aromatic N) is 1. The fourth-order valence-corrected chi connectivity index (χ4v) is 5.20. The second-order valence-electron chi connectivity index (χ2n) is 9.20. The molecule has 170 valence electrons. The Hall–Kier alpha value is -2.41. The number of ketones is 2. The second kappa shape index (κ2) is 8.18. The summed E-state index contributed by atoms with van der Waals surface area (Å²) >= 11 is 5.99. The molecule has 1 aromatic carbocycles. The van der Waals surface area contributed by atoms with Gasteiger partial charge in [0.1, 0.15) is 23.8 Å². The topological polar surface area (TPSA) is 56.3 Å². The molecule has 0 saturated heterocycles. The normalized spacial score (nSPS) is 23.8. The number of aromatic nitrogens is 1. The van der Waals surface area contributed by atoms with Crippen molar-refractivity contribution in [3.63, 3.8) is 0 Å².